The van der Waals surface area contributed by atoms with Crippen molar-refractivity contribution >= 4 is 11.9 Å². The molecule has 0 aliphatic rings. The van der Waals surface area contributed by atoms with Crippen molar-refractivity contribution in [2.45, 2.75) is 19.9 Å². The number of nitrogens with two attached hydrogens (primary N) is 1. The van der Waals surface area contributed by atoms with Gasteiger partial charge in [0.2, 0.25) is 5.95 Å². The third-order valence-electron chi connectivity index (χ3n) is 4.96. The zero-order chi connectivity index (χ0) is 21.8. The molecule has 156 valence electrons. The van der Waals surface area contributed by atoms with Gasteiger partial charge < -0.3 is 11.1 Å². The topological polar surface area (TPSA) is 98.7 Å². The molecule has 0 atom stereocenters. The molecule has 2 heterocycles. The van der Waals surface area contributed by atoms with Crippen LogP contribution in [-0.4, -0.2) is 25.7 Å². The van der Waals surface area contributed by atoms with Gasteiger partial charge in [-0.1, -0.05) is 48.5 Å². The third kappa shape index (κ3) is 4.78. The highest BCUT2D eigenvalue weighted by Crippen LogP contribution is 2.25. The molecule has 31 heavy (non-hydrogen) atoms. The van der Waals surface area contributed by atoms with Crippen molar-refractivity contribution in [2.24, 2.45) is 7.05 Å². The number of hydrogen-bond acceptors (Lipinski definition) is 5. The minimum Gasteiger partial charge on any atom is -0.368 e. The number of carbonyl (C=O) groups is 1. The highest BCUT2D eigenvalue weighted by molar-refractivity contribution is 5.95. The summed E-state index contributed by atoms with van der Waals surface area (Å²) in [4.78, 5) is 21.4. The predicted octanol–water partition coefficient (Wildman–Crippen LogP) is 3.29. The van der Waals surface area contributed by atoms with Gasteiger partial charge in [0.1, 0.15) is 5.69 Å². The highest BCUT2D eigenvalue weighted by atomic mass is 16.1. The molecule has 1 amide bonds. The minimum absolute atomic E-state index is 0.105. The molecule has 2 aromatic heterocycles. The van der Waals surface area contributed by atoms with E-state index in [2.05, 4.69) is 20.4 Å². The summed E-state index contributed by atoms with van der Waals surface area (Å²) in [7, 11) is 1.86. The molecule has 0 radical (unpaired) electrons. The Labute approximate surface area is 181 Å². The van der Waals surface area contributed by atoms with E-state index in [9.17, 15) is 4.79 Å². The van der Waals surface area contributed by atoms with Gasteiger partial charge >= 0.3 is 0 Å². The van der Waals surface area contributed by atoms with Crippen LogP contribution in [0.5, 0.6) is 0 Å². The van der Waals surface area contributed by atoms with E-state index < -0.39 is 0 Å². The molecule has 2 aromatic carbocycles. The second-order valence-electron chi connectivity index (χ2n) is 7.43. The van der Waals surface area contributed by atoms with Crippen LogP contribution in [0, 0.1) is 6.92 Å². The Balaban J connectivity index is 1.60. The molecule has 0 fully saturated rings. The molecule has 3 N–H and O–H groups in total. The number of nitrogen functional groups attached to an aromatic ring is 1. The molecule has 4 aromatic rings. The monoisotopic (exact) mass is 412 g/mol. The van der Waals surface area contributed by atoms with Crippen LogP contribution in [-0.2, 0) is 20.0 Å². The van der Waals surface area contributed by atoms with Gasteiger partial charge in [-0.2, -0.15) is 5.10 Å². The SMILES string of the molecule is Cc1cc(-c2nn(C)cc2Cc2ccccc2C(=O)NCc2ccccc2)nc(N)n1. The van der Waals surface area contributed by atoms with Crippen molar-refractivity contribution in [1.82, 2.24) is 25.1 Å². The van der Waals surface area contributed by atoms with Gasteiger partial charge in [-0.15, -0.1) is 0 Å². The lowest BCUT2D eigenvalue weighted by atomic mass is 9.98. The summed E-state index contributed by atoms with van der Waals surface area (Å²) < 4.78 is 1.75. The Bertz CT molecular complexity index is 1200. The van der Waals surface area contributed by atoms with Crippen LogP contribution in [0.4, 0.5) is 5.95 Å². The average Bonchev–Trinajstić information content (AvgIpc) is 3.12. The number of rotatable bonds is 6. The van der Waals surface area contributed by atoms with Crippen LogP contribution >= 0.6 is 0 Å². The van der Waals surface area contributed by atoms with Gasteiger partial charge in [0.25, 0.3) is 5.91 Å². The van der Waals surface area contributed by atoms with E-state index in [0.29, 0.717) is 24.2 Å². The van der Waals surface area contributed by atoms with Crippen molar-refractivity contribution in [2.75, 3.05) is 5.73 Å². The maximum absolute atomic E-state index is 12.9. The Kier molecular flexibility index (Phi) is 5.75. The summed E-state index contributed by atoms with van der Waals surface area (Å²) in [5.74, 6) is 0.110. The van der Waals surface area contributed by atoms with Crippen molar-refractivity contribution in [3.05, 3.63) is 94.8 Å². The first-order valence-corrected chi connectivity index (χ1v) is 10.0. The summed E-state index contributed by atoms with van der Waals surface area (Å²) in [5, 5.41) is 7.59. The molecule has 4 rings (SSSR count). The lowest BCUT2D eigenvalue weighted by Crippen LogP contribution is -2.24. The van der Waals surface area contributed by atoms with Crippen molar-refractivity contribution in [3.8, 4) is 11.4 Å². The number of aromatic nitrogens is 4. The van der Waals surface area contributed by atoms with E-state index in [1.165, 1.54) is 0 Å². The molecule has 0 saturated carbocycles. The Hall–Kier alpha value is -4.00. The molecule has 0 saturated heterocycles. The number of carbonyl (C=O) groups excluding carboxylic acids is 1. The van der Waals surface area contributed by atoms with Crippen LogP contribution in [0.1, 0.15) is 32.7 Å². The molecule has 7 heteroatoms. The first-order chi connectivity index (χ1) is 15.0. The molecule has 0 bridgehead atoms. The van der Waals surface area contributed by atoms with Gasteiger partial charge in [-0.05, 0) is 30.2 Å². The van der Waals surface area contributed by atoms with Gasteiger partial charge in [-0.25, -0.2) is 9.97 Å². The number of anilines is 1. The van der Waals surface area contributed by atoms with Crippen molar-refractivity contribution in [3.63, 3.8) is 0 Å². The van der Waals surface area contributed by atoms with Crippen LogP contribution in [0.2, 0.25) is 0 Å². The van der Waals surface area contributed by atoms with E-state index in [-0.39, 0.29) is 11.9 Å². The number of nitrogens with zero attached hydrogens (tertiary/aromatic N) is 4. The molecular weight excluding hydrogens is 388 g/mol. The molecule has 7 nitrogen and oxygen atoms in total. The number of nitrogens with one attached hydrogen (secondary N) is 1. The van der Waals surface area contributed by atoms with Gasteiger partial charge in [0, 0.05) is 43.0 Å². The summed E-state index contributed by atoms with van der Waals surface area (Å²) in [5.41, 5.74) is 11.6. The smallest absolute Gasteiger partial charge is 0.251 e. The summed E-state index contributed by atoms with van der Waals surface area (Å²) in [6.45, 7) is 2.35. The van der Waals surface area contributed by atoms with Crippen LogP contribution in [0.25, 0.3) is 11.4 Å². The fourth-order valence-electron chi connectivity index (χ4n) is 3.57. The summed E-state index contributed by atoms with van der Waals surface area (Å²) >= 11 is 0. The Morgan fingerprint density at radius 2 is 1.77 bits per heavy atom. The summed E-state index contributed by atoms with van der Waals surface area (Å²) in [6, 6.07) is 19.3. The maximum Gasteiger partial charge on any atom is 0.251 e. The number of aryl methyl sites for hydroxylation is 2. The van der Waals surface area contributed by atoms with Crippen LogP contribution < -0.4 is 11.1 Å². The zero-order valence-corrected chi connectivity index (χ0v) is 17.5. The third-order valence-corrected chi connectivity index (χ3v) is 4.96. The van der Waals surface area contributed by atoms with Gasteiger partial charge in [0.15, 0.2) is 0 Å². The predicted molar refractivity (Wildman–Crippen MR) is 120 cm³/mol. The lowest BCUT2D eigenvalue weighted by Gasteiger charge is -2.11. The van der Waals surface area contributed by atoms with E-state index >= 15 is 0 Å². The highest BCUT2D eigenvalue weighted by Gasteiger charge is 2.17. The quantitative estimate of drug-likeness (QED) is 0.506. The Morgan fingerprint density at radius 3 is 2.55 bits per heavy atom. The largest absolute Gasteiger partial charge is 0.368 e. The number of amides is 1. The second-order valence-corrected chi connectivity index (χ2v) is 7.43. The van der Waals surface area contributed by atoms with Crippen LogP contribution in [0.15, 0.2) is 66.9 Å². The lowest BCUT2D eigenvalue weighted by molar-refractivity contribution is 0.0950. The van der Waals surface area contributed by atoms with E-state index in [0.717, 1.165) is 28.1 Å². The van der Waals surface area contributed by atoms with E-state index in [1.54, 1.807) is 4.68 Å². The van der Waals surface area contributed by atoms with E-state index in [4.69, 9.17) is 5.73 Å². The van der Waals surface area contributed by atoms with Crippen molar-refractivity contribution in [1.29, 1.82) is 0 Å². The fourth-order valence-corrected chi connectivity index (χ4v) is 3.57. The fraction of sp³-hybridized carbons (Fsp3) is 0.167. The molecular formula is C24H24N6O. The normalized spacial score (nSPS) is 10.8. The maximum atomic E-state index is 12.9. The van der Waals surface area contributed by atoms with Gasteiger partial charge in [-0.3, -0.25) is 9.48 Å². The zero-order valence-electron chi connectivity index (χ0n) is 17.5. The second kappa shape index (κ2) is 8.79. The first kappa shape index (κ1) is 20.3. The first-order valence-electron chi connectivity index (χ1n) is 10.0. The standard InChI is InChI=1S/C24H24N6O/c1-16-12-21(28-24(25)27-16)22-19(15-30(2)29-22)13-18-10-6-7-11-20(18)23(31)26-14-17-8-4-3-5-9-17/h3-12,15H,13-14H2,1-2H3,(H,26,31)(H2,25,27,28). The molecule has 0 spiro atoms. The number of hydrogen-bond donors (Lipinski definition) is 2. The van der Waals surface area contributed by atoms with E-state index in [1.807, 2.05) is 80.8 Å². The van der Waals surface area contributed by atoms with Crippen LogP contribution in [0.3, 0.4) is 0 Å². The summed E-state index contributed by atoms with van der Waals surface area (Å²) in [6.07, 6.45) is 2.49. The minimum atomic E-state index is -0.105. The molecule has 0 aliphatic heterocycles. The van der Waals surface area contributed by atoms with Crippen molar-refractivity contribution < 1.29 is 4.79 Å². The molecule has 0 unspecified atom stereocenters. The Morgan fingerprint density at radius 1 is 1.03 bits per heavy atom. The number of benzene rings is 2. The molecule has 0 aliphatic carbocycles. The van der Waals surface area contributed by atoms with Gasteiger partial charge in [0.05, 0.1) is 5.69 Å². The average molecular weight is 412 g/mol.